The lowest BCUT2D eigenvalue weighted by Crippen LogP contribution is -2.30. The average molecular weight is 256 g/mol. The van der Waals surface area contributed by atoms with Crippen molar-refractivity contribution in [2.45, 2.75) is 25.4 Å². The number of aliphatic imine (C=N–C) groups is 1. The second-order valence-electron chi connectivity index (χ2n) is 3.91. The number of nitrogens with zero attached hydrogens (tertiary/aromatic N) is 1. The number of halogens is 2. The summed E-state index contributed by atoms with van der Waals surface area (Å²) in [6.45, 7) is 1.07. The maximum atomic E-state index is 12.6. The molecule has 0 radical (unpaired) electrons. The molecule has 0 saturated carbocycles. The van der Waals surface area contributed by atoms with E-state index in [0.717, 1.165) is 5.56 Å². The maximum Gasteiger partial charge on any atom is 0.260 e. The SMILES string of the molecule is NC(N)=NC(CCNCc1ccccc1)C(F)F. The van der Waals surface area contributed by atoms with E-state index in [2.05, 4.69) is 10.3 Å². The van der Waals surface area contributed by atoms with E-state index in [-0.39, 0.29) is 12.4 Å². The van der Waals surface area contributed by atoms with Crippen LogP contribution in [-0.2, 0) is 6.54 Å². The van der Waals surface area contributed by atoms with E-state index in [1.54, 1.807) is 0 Å². The van der Waals surface area contributed by atoms with Crippen molar-refractivity contribution >= 4 is 5.96 Å². The molecule has 1 aromatic rings. The van der Waals surface area contributed by atoms with Gasteiger partial charge in [-0.1, -0.05) is 30.3 Å². The van der Waals surface area contributed by atoms with Gasteiger partial charge in [0.05, 0.1) is 0 Å². The second kappa shape index (κ2) is 7.60. The van der Waals surface area contributed by atoms with Crippen molar-refractivity contribution in [3.8, 4) is 0 Å². The largest absolute Gasteiger partial charge is 0.370 e. The Kier molecular flexibility index (Phi) is 6.07. The molecule has 1 aromatic carbocycles. The van der Waals surface area contributed by atoms with Crippen LogP contribution in [0, 0.1) is 0 Å². The predicted molar refractivity (Wildman–Crippen MR) is 68.4 cm³/mol. The molecule has 6 heteroatoms. The van der Waals surface area contributed by atoms with Gasteiger partial charge in [0.25, 0.3) is 6.43 Å². The van der Waals surface area contributed by atoms with Crippen molar-refractivity contribution in [1.82, 2.24) is 5.32 Å². The zero-order chi connectivity index (χ0) is 13.4. The van der Waals surface area contributed by atoms with Crippen LogP contribution in [0.1, 0.15) is 12.0 Å². The monoisotopic (exact) mass is 256 g/mol. The first kappa shape index (κ1) is 14.4. The Morgan fingerprint density at radius 3 is 2.44 bits per heavy atom. The Morgan fingerprint density at radius 1 is 1.22 bits per heavy atom. The lowest BCUT2D eigenvalue weighted by atomic mass is 10.2. The van der Waals surface area contributed by atoms with E-state index in [1.807, 2.05) is 30.3 Å². The summed E-state index contributed by atoms with van der Waals surface area (Å²) < 4.78 is 25.1. The summed E-state index contributed by atoms with van der Waals surface area (Å²) in [4.78, 5) is 3.50. The highest BCUT2D eigenvalue weighted by Gasteiger charge is 2.18. The molecule has 0 aromatic heterocycles. The highest BCUT2D eigenvalue weighted by Crippen LogP contribution is 2.09. The van der Waals surface area contributed by atoms with E-state index >= 15 is 0 Å². The summed E-state index contributed by atoms with van der Waals surface area (Å²) in [5, 5.41) is 3.08. The third-order valence-electron chi connectivity index (χ3n) is 2.39. The van der Waals surface area contributed by atoms with Crippen LogP contribution in [0.25, 0.3) is 0 Å². The van der Waals surface area contributed by atoms with Crippen LogP contribution in [0.15, 0.2) is 35.3 Å². The van der Waals surface area contributed by atoms with Gasteiger partial charge >= 0.3 is 0 Å². The van der Waals surface area contributed by atoms with Gasteiger partial charge in [0, 0.05) is 6.54 Å². The molecule has 1 rings (SSSR count). The summed E-state index contributed by atoms with van der Waals surface area (Å²) in [5.41, 5.74) is 11.3. The minimum absolute atomic E-state index is 0.197. The van der Waals surface area contributed by atoms with E-state index < -0.39 is 12.5 Å². The fraction of sp³-hybridized carbons (Fsp3) is 0.417. The van der Waals surface area contributed by atoms with Crippen LogP contribution in [0.5, 0.6) is 0 Å². The van der Waals surface area contributed by atoms with Crippen LogP contribution < -0.4 is 16.8 Å². The number of alkyl halides is 2. The average Bonchev–Trinajstić information content (AvgIpc) is 2.33. The Hall–Kier alpha value is -1.69. The van der Waals surface area contributed by atoms with E-state index in [0.29, 0.717) is 13.1 Å². The zero-order valence-corrected chi connectivity index (χ0v) is 10.0. The standard InChI is InChI=1S/C12H18F2N4/c13-11(14)10(18-12(15)16)6-7-17-8-9-4-2-1-3-5-9/h1-5,10-11,17H,6-8H2,(H4,15,16,18). The summed E-state index contributed by atoms with van der Waals surface area (Å²) in [5.74, 6) is -0.302. The first-order valence-corrected chi connectivity index (χ1v) is 5.71. The van der Waals surface area contributed by atoms with Crippen molar-refractivity contribution in [3.63, 3.8) is 0 Å². The summed E-state index contributed by atoms with van der Waals surface area (Å²) in [6, 6.07) is 8.57. The molecule has 1 unspecified atom stereocenters. The van der Waals surface area contributed by atoms with Gasteiger partial charge in [-0.15, -0.1) is 0 Å². The molecule has 0 saturated heterocycles. The molecule has 0 fully saturated rings. The Labute approximate surface area is 105 Å². The minimum atomic E-state index is -2.55. The fourth-order valence-electron chi connectivity index (χ4n) is 1.52. The van der Waals surface area contributed by atoms with Crippen LogP contribution in [0.3, 0.4) is 0 Å². The number of rotatable bonds is 7. The molecule has 0 aliphatic carbocycles. The molecule has 0 aliphatic heterocycles. The zero-order valence-electron chi connectivity index (χ0n) is 10.0. The highest BCUT2D eigenvalue weighted by atomic mass is 19.3. The summed E-state index contributed by atoms with van der Waals surface area (Å²) in [6.07, 6.45) is -2.35. The van der Waals surface area contributed by atoms with Gasteiger partial charge in [-0.25, -0.2) is 13.8 Å². The van der Waals surface area contributed by atoms with Crippen LogP contribution >= 0.6 is 0 Å². The van der Waals surface area contributed by atoms with Crippen molar-refractivity contribution in [1.29, 1.82) is 0 Å². The molecule has 0 heterocycles. The molecule has 0 amide bonds. The number of guanidine groups is 1. The molecular formula is C12H18F2N4. The van der Waals surface area contributed by atoms with Gasteiger partial charge in [0.1, 0.15) is 6.04 Å². The number of nitrogens with two attached hydrogens (primary N) is 2. The predicted octanol–water partition coefficient (Wildman–Crippen LogP) is 1.07. The van der Waals surface area contributed by atoms with Gasteiger partial charge < -0.3 is 16.8 Å². The summed E-state index contributed by atoms with van der Waals surface area (Å²) in [7, 11) is 0. The first-order chi connectivity index (χ1) is 8.59. The van der Waals surface area contributed by atoms with Crippen molar-refractivity contribution in [3.05, 3.63) is 35.9 Å². The quantitative estimate of drug-likeness (QED) is 0.388. The fourth-order valence-corrected chi connectivity index (χ4v) is 1.52. The second-order valence-corrected chi connectivity index (χ2v) is 3.91. The number of hydrogen-bond donors (Lipinski definition) is 3. The third kappa shape index (κ3) is 5.58. The highest BCUT2D eigenvalue weighted by molar-refractivity contribution is 5.75. The molecule has 4 nitrogen and oxygen atoms in total. The number of nitrogens with one attached hydrogen (secondary N) is 1. The van der Waals surface area contributed by atoms with Crippen molar-refractivity contribution in [2.24, 2.45) is 16.5 Å². The lowest BCUT2D eigenvalue weighted by molar-refractivity contribution is 0.113. The van der Waals surface area contributed by atoms with Gasteiger partial charge in [-0.3, -0.25) is 0 Å². The van der Waals surface area contributed by atoms with Crippen molar-refractivity contribution in [2.75, 3.05) is 6.54 Å². The lowest BCUT2D eigenvalue weighted by Gasteiger charge is -2.12. The van der Waals surface area contributed by atoms with E-state index in [4.69, 9.17) is 11.5 Å². The number of hydrogen-bond acceptors (Lipinski definition) is 2. The minimum Gasteiger partial charge on any atom is -0.370 e. The van der Waals surface area contributed by atoms with E-state index in [9.17, 15) is 8.78 Å². The molecule has 0 bridgehead atoms. The molecule has 18 heavy (non-hydrogen) atoms. The van der Waals surface area contributed by atoms with Gasteiger partial charge in [0.15, 0.2) is 5.96 Å². The smallest absolute Gasteiger partial charge is 0.260 e. The number of benzene rings is 1. The molecular weight excluding hydrogens is 238 g/mol. The van der Waals surface area contributed by atoms with Gasteiger partial charge in [-0.05, 0) is 18.5 Å². The normalized spacial score (nSPS) is 12.4. The third-order valence-corrected chi connectivity index (χ3v) is 2.39. The molecule has 0 spiro atoms. The molecule has 0 aliphatic rings. The van der Waals surface area contributed by atoms with Crippen LogP contribution in [0.2, 0.25) is 0 Å². The molecule has 5 N–H and O–H groups in total. The Balaban J connectivity index is 2.29. The van der Waals surface area contributed by atoms with Crippen molar-refractivity contribution < 1.29 is 8.78 Å². The Morgan fingerprint density at radius 2 is 1.89 bits per heavy atom. The van der Waals surface area contributed by atoms with Gasteiger partial charge in [-0.2, -0.15) is 0 Å². The first-order valence-electron chi connectivity index (χ1n) is 5.71. The molecule has 1 atom stereocenters. The topological polar surface area (TPSA) is 76.4 Å². The Bertz CT molecular complexity index is 364. The maximum absolute atomic E-state index is 12.6. The van der Waals surface area contributed by atoms with Crippen LogP contribution in [0.4, 0.5) is 8.78 Å². The van der Waals surface area contributed by atoms with Gasteiger partial charge in [0.2, 0.25) is 0 Å². The summed E-state index contributed by atoms with van der Waals surface area (Å²) >= 11 is 0. The van der Waals surface area contributed by atoms with E-state index in [1.165, 1.54) is 0 Å². The molecule has 100 valence electrons. The van der Waals surface area contributed by atoms with Crippen LogP contribution in [-0.4, -0.2) is 25.0 Å².